The van der Waals surface area contributed by atoms with E-state index in [1.54, 1.807) is 23.0 Å². The Morgan fingerprint density at radius 2 is 1.94 bits per heavy atom. The number of nitrogens with zero attached hydrogens (tertiary/aromatic N) is 5. The average Bonchev–Trinajstić information content (AvgIpc) is 3.21. The Labute approximate surface area is 189 Å². The maximum atomic E-state index is 14.9. The molecule has 1 aliphatic rings. The molecule has 0 spiro atoms. The second-order valence-corrected chi connectivity index (χ2v) is 8.36. The quantitative estimate of drug-likeness (QED) is 0.420. The van der Waals surface area contributed by atoms with Gasteiger partial charge in [0.05, 0.1) is 35.4 Å². The van der Waals surface area contributed by atoms with Crippen molar-refractivity contribution in [3.63, 3.8) is 0 Å². The van der Waals surface area contributed by atoms with Crippen LogP contribution in [0.3, 0.4) is 0 Å². The minimum Gasteiger partial charge on any atom is -0.369 e. The lowest BCUT2D eigenvalue weighted by atomic mass is 9.99. The fourth-order valence-electron chi connectivity index (χ4n) is 3.87. The first kappa shape index (κ1) is 20.7. The second kappa shape index (κ2) is 8.07. The van der Waals surface area contributed by atoms with Crippen LogP contribution >= 0.6 is 11.6 Å². The number of aryl methyl sites for hydroxylation is 3. The largest absolute Gasteiger partial charge is 0.369 e. The highest BCUT2D eigenvalue weighted by Gasteiger charge is 2.22. The van der Waals surface area contributed by atoms with Crippen LogP contribution in [0.25, 0.3) is 27.9 Å². The van der Waals surface area contributed by atoms with Crippen LogP contribution in [0.2, 0.25) is 5.02 Å². The number of hydrogen-bond donors (Lipinski definition) is 0. The van der Waals surface area contributed by atoms with Gasteiger partial charge < -0.3 is 4.74 Å². The molecule has 4 aromatic rings. The predicted octanol–water partition coefficient (Wildman–Crippen LogP) is 5.38. The summed E-state index contributed by atoms with van der Waals surface area (Å²) < 4.78 is 22.6. The molecule has 1 aliphatic heterocycles. The first-order valence-corrected chi connectivity index (χ1v) is 10.7. The summed E-state index contributed by atoms with van der Waals surface area (Å²) in [7, 11) is 1.87. The van der Waals surface area contributed by atoms with Gasteiger partial charge in [-0.2, -0.15) is 5.10 Å². The Morgan fingerprint density at radius 1 is 1.12 bits per heavy atom. The third kappa shape index (κ3) is 3.78. The number of hydrogen-bond acceptors (Lipinski definition) is 5. The zero-order valence-corrected chi connectivity index (χ0v) is 18.7. The zero-order chi connectivity index (χ0) is 22.4. The van der Waals surface area contributed by atoms with E-state index in [1.165, 1.54) is 6.07 Å². The van der Waals surface area contributed by atoms with Gasteiger partial charge in [0, 0.05) is 29.4 Å². The molecule has 0 radical (unpaired) electrons. The van der Waals surface area contributed by atoms with Crippen molar-refractivity contribution in [2.45, 2.75) is 26.4 Å². The van der Waals surface area contributed by atoms with E-state index in [9.17, 15) is 4.39 Å². The summed E-state index contributed by atoms with van der Waals surface area (Å²) in [6.45, 7) is 4.35. The van der Waals surface area contributed by atoms with Crippen molar-refractivity contribution in [2.24, 2.45) is 7.05 Å². The lowest BCUT2D eigenvalue weighted by Crippen LogP contribution is -2.11. The lowest BCUT2D eigenvalue weighted by molar-refractivity contribution is 0.0826. The third-order valence-electron chi connectivity index (χ3n) is 5.65. The van der Waals surface area contributed by atoms with E-state index in [0.717, 1.165) is 28.2 Å². The zero-order valence-electron chi connectivity index (χ0n) is 17.9. The highest BCUT2D eigenvalue weighted by molar-refractivity contribution is 6.30. The Balaban J connectivity index is 1.70. The van der Waals surface area contributed by atoms with Crippen LogP contribution in [-0.4, -0.2) is 31.3 Å². The van der Waals surface area contributed by atoms with E-state index in [2.05, 4.69) is 10.1 Å². The van der Waals surface area contributed by atoms with Gasteiger partial charge in [-0.25, -0.2) is 19.3 Å². The number of ether oxygens (including phenoxy) is 1. The number of aromatic nitrogens is 5. The predicted molar refractivity (Wildman–Crippen MR) is 122 cm³/mol. The second-order valence-electron chi connectivity index (χ2n) is 7.92. The molecule has 0 amide bonds. The minimum atomic E-state index is -0.447. The van der Waals surface area contributed by atoms with Gasteiger partial charge in [0.2, 0.25) is 0 Å². The van der Waals surface area contributed by atoms with Crippen LogP contribution in [0, 0.1) is 19.7 Å². The molecule has 1 atom stereocenters. The molecule has 0 saturated heterocycles. The Hall–Kier alpha value is -3.16. The SMILES string of the molecule is Cc1nc2cc(C3=CC(c4cnn(C)c4)OCC3)nc(-c3ccc(Cl)cc3F)c2nc1C. The first-order valence-electron chi connectivity index (χ1n) is 10.3. The summed E-state index contributed by atoms with van der Waals surface area (Å²) >= 11 is 5.98. The van der Waals surface area contributed by atoms with Crippen molar-refractivity contribution in [3.05, 3.63) is 76.2 Å². The Bertz CT molecular complexity index is 1380. The minimum absolute atomic E-state index is 0.216. The van der Waals surface area contributed by atoms with Gasteiger partial charge >= 0.3 is 0 Å². The summed E-state index contributed by atoms with van der Waals surface area (Å²) in [6, 6.07) is 6.50. The number of pyridine rings is 1. The molecule has 0 fully saturated rings. The van der Waals surface area contributed by atoms with Crippen molar-refractivity contribution in [2.75, 3.05) is 6.61 Å². The molecule has 3 aromatic heterocycles. The van der Waals surface area contributed by atoms with Gasteiger partial charge in [0.25, 0.3) is 0 Å². The van der Waals surface area contributed by atoms with E-state index in [-0.39, 0.29) is 6.10 Å². The summed E-state index contributed by atoms with van der Waals surface area (Å²) in [5, 5.41) is 4.57. The normalized spacial score (nSPS) is 16.4. The molecule has 32 heavy (non-hydrogen) atoms. The maximum Gasteiger partial charge on any atom is 0.134 e. The van der Waals surface area contributed by atoms with E-state index in [1.807, 2.05) is 39.2 Å². The van der Waals surface area contributed by atoms with Crippen molar-refractivity contribution in [1.29, 1.82) is 0 Å². The van der Waals surface area contributed by atoms with E-state index < -0.39 is 5.82 Å². The van der Waals surface area contributed by atoms with Crippen molar-refractivity contribution >= 4 is 28.2 Å². The number of fused-ring (bicyclic) bond motifs is 1. The van der Waals surface area contributed by atoms with Crippen LogP contribution in [0.4, 0.5) is 4.39 Å². The summed E-state index contributed by atoms with van der Waals surface area (Å²) in [5.41, 5.74) is 6.36. The standard InChI is InChI=1S/C24H21ClFN5O/c1-13-14(2)29-24-21(28-13)10-20(30-23(24)18-5-4-17(25)9-19(18)26)15-6-7-32-22(8-15)16-11-27-31(3)12-16/h4-5,8-12,22H,6-7H2,1-3H3. The molecule has 0 aliphatic carbocycles. The van der Waals surface area contributed by atoms with Gasteiger partial charge in [0.1, 0.15) is 23.1 Å². The fraction of sp³-hybridized carbons (Fsp3) is 0.250. The van der Waals surface area contributed by atoms with Gasteiger partial charge in [-0.15, -0.1) is 0 Å². The fourth-order valence-corrected chi connectivity index (χ4v) is 4.03. The van der Waals surface area contributed by atoms with Crippen LogP contribution in [0.5, 0.6) is 0 Å². The topological polar surface area (TPSA) is 65.7 Å². The van der Waals surface area contributed by atoms with Gasteiger partial charge in [-0.1, -0.05) is 11.6 Å². The molecule has 1 aromatic carbocycles. The molecule has 8 heteroatoms. The Kier molecular flexibility index (Phi) is 5.23. The van der Waals surface area contributed by atoms with Gasteiger partial charge in [0.15, 0.2) is 0 Å². The monoisotopic (exact) mass is 449 g/mol. The van der Waals surface area contributed by atoms with E-state index >= 15 is 0 Å². The van der Waals surface area contributed by atoms with Gasteiger partial charge in [-0.05, 0) is 56.2 Å². The average molecular weight is 450 g/mol. The van der Waals surface area contributed by atoms with Crippen molar-refractivity contribution in [3.8, 4) is 11.3 Å². The molecule has 162 valence electrons. The molecular weight excluding hydrogens is 429 g/mol. The maximum absolute atomic E-state index is 14.9. The molecule has 0 N–H and O–H groups in total. The van der Waals surface area contributed by atoms with Crippen LogP contribution < -0.4 is 0 Å². The first-order chi connectivity index (χ1) is 15.4. The highest BCUT2D eigenvalue weighted by Crippen LogP contribution is 2.35. The van der Waals surface area contributed by atoms with Crippen LogP contribution in [0.15, 0.2) is 42.7 Å². The van der Waals surface area contributed by atoms with Crippen molar-refractivity contribution in [1.82, 2.24) is 24.7 Å². The summed E-state index contributed by atoms with van der Waals surface area (Å²) in [4.78, 5) is 14.3. The van der Waals surface area contributed by atoms with E-state index in [0.29, 0.717) is 40.3 Å². The number of halogens is 2. The van der Waals surface area contributed by atoms with Crippen LogP contribution in [-0.2, 0) is 11.8 Å². The highest BCUT2D eigenvalue weighted by atomic mass is 35.5. The molecule has 0 bridgehead atoms. The summed E-state index contributed by atoms with van der Waals surface area (Å²) in [6.07, 6.45) is 6.25. The molecule has 5 rings (SSSR count). The van der Waals surface area contributed by atoms with E-state index in [4.69, 9.17) is 26.3 Å². The van der Waals surface area contributed by atoms with Gasteiger partial charge in [-0.3, -0.25) is 4.68 Å². The van der Waals surface area contributed by atoms with Crippen molar-refractivity contribution < 1.29 is 9.13 Å². The Morgan fingerprint density at radius 3 is 2.69 bits per heavy atom. The molecule has 1 unspecified atom stereocenters. The molecule has 0 saturated carbocycles. The molecule has 6 nitrogen and oxygen atoms in total. The number of rotatable bonds is 3. The lowest BCUT2D eigenvalue weighted by Gasteiger charge is -2.21. The van der Waals surface area contributed by atoms with Crippen LogP contribution in [0.1, 0.15) is 35.2 Å². The molecular formula is C24H21ClFN5O. The smallest absolute Gasteiger partial charge is 0.134 e. The third-order valence-corrected chi connectivity index (χ3v) is 5.89. The molecule has 4 heterocycles. The number of benzene rings is 1. The summed E-state index contributed by atoms with van der Waals surface area (Å²) in [5.74, 6) is -0.447.